The Morgan fingerprint density at radius 2 is 2.15 bits per heavy atom. The minimum absolute atomic E-state index is 0.0645. The summed E-state index contributed by atoms with van der Waals surface area (Å²) in [5.41, 5.74) is 2.10. The van der Waals surface area contributed by atoms with Crippen molar-refractivity contribution in [1.82, 2.24) is 10.6 Å². The van der Waals surface area contributed by atoms with Gasteiger partial charge in [0.05, 0.1) is 12.0 Å². The highest BCUT2D eigenvalue weighted by Gasteiger charge is 2.48. The molecule has 108 valence electrons. The molecule has 20 heavy (non-hydrogen) atoms. The molecule has 0 radical (unpaired) electrons. The lowest BCUT2D eigenvalue weighted by molar-refractivity contribution is -0.130. The van der Waals surface area contributed by atoms with Crippen molar-refractivity contribution in [3.8, 4) is 0 Å². The van der Waals surface area contributed by atoms with E-state index in [1.54, 1.807) is 0 Å². The van der Waals surface area contributed by atoms with Gasteiger partial charge in [0, 0.05) is 24.5 Å². The molecule has 0 spiro atoms. The van der Waals surface area contributed by atoms with Crippen LogP contribution in [-0.4, -0.2) is 29.7 Å². The number of nitrogens with one attached hydrogen (secondary N) is 2. The average Bonchev–Trinajstić information content (AvgIpc) is 2.46. The monoisotopic (exact) mass is 274 g/mol. The maximum atomic E-state index is 12.5. The number of amides is 1. The summed E-state index contributed by atoms with van der Waals surface area (Å²) in [6.07, 6.45) is 0.338. The second-order valence-corrected chi connectivity index (χ2v) is 6.52. The minimum atomic E-state index is -0.315. The summed E-state index contributed by atoms with van der Waals surface area (Å²) in [6.45, 7) is 5.50. The SMILES string of the molecule is CC1(C)C(O)CC1NC(=O)C1CNCc2ccccc21. The Balaban J connectivity index is 1.73. The molecular formula is C16H22N2O2. The third-order valence-electron chi connectivity index (χ3n) is 4.94. The van der Waals surface area contributed by atoms with Crippen molar-refractivity contribution >= 4 is 5.91 Å². The van der Waals surface area contributed by atoms with Crippen molar-refractivity contribution < 1.29 is 9.90 Å². The Hall–Kier alpha value is -1.39. The van der Waals surface area contributed by atoms with Crippen LogP contribution in [-0.2, 0) is 11.3 Å². The fraction of sp³-hybridized carbons (Fsp3) is 0.562. The molecule has 1 aromatic carbocycles. The fourth-order valence-electron chi connectivity index (χ4n) is 3.15. The van der Waals surface area contributed by atoms with Gasteiger partial charge in [-0.25, -0.2) is 0 Å². The van der Waals surface area contributed by atoms with Crippen LogP contribution in [0.1, 0.15) is 37.3 Å². The number of fused-ring (bicyclic) bond motifs is 1. The molecule has 4 heteroatoms. The van der Waals surface area contributed by atoms with Crippen LogP contribution in [0, 0.1) is 5.41 Å². The summed E-state index contributed by atoms with van der Waals surface area (Å²) in [5, 5.41) is 16.2. The fourth-order valence-corrected chi connectivity index (χ4v) is 3.15. The second-order valence-electron chi connectivity index (χ2n) is 6.52. The Morgan fingerprint density at radius 3 is 2.85 bits per heavy atom. The zero-order chi connectivity index (χ0) is 14.3. The van der Waals surface area contributed by atoms with Crippen molar-refractivity contribution in [2.45, 2.75) is 44.9 Å². The van der Waals surface area contributed by atoms with Crippen LogP contribution in [0.15, 0.2) is 24.3 Å². The lowest BCUT2D eigenvalue weighted by atomic mass is 9.64. The van der Waals surface area contributed by atoms with Crippen LogP contribution in [0.5, 0.6) is 0 Å². The Kier molecular flexibility index (Phi) is 3.30. The molecule has 1 fully saturated rings. The van der Waals surface area contributed by atoms with Gasteiger partial charge < -0.3 is 15.7 Å². The number of carbonyl (C=O) groups is 1. The van der Waals surface area contributed by atoms with Crippen LogP contribution in [0.4, 0.5) is 0 Å². The number of hydrogen-bond donors (Lipinski definition) is 3. The summed E-state index contributed by atoms with van der Waals surface area (Å²) in [7, 11) is 0. The highest BCUT2D eigenvalue weighted by Crippen LogP contribution is 2.40. The minimum Gasteiger partial charge on any atom is -0.392 e. The van der Waals surface area contributed by atoms with Gasteiger partial charge in [0.1, 0.15) is 0 Å². The highest BCUT2D eigenvalue weighted by atomic mass is 16.3. The van der Waals surface area contributed by atoms with Crippen molar-refractivity contribution in [3.05, 3.63) is 35.4 Å². The van der Waals surface area contributed by atoms with E-state index in [2.05, 4.69) is 16.7 Å². The topological polar surface area (TPSA) is 61.4 Å². The molecule has 4 nitrogen and oxygen atoms in total. The average molecular weight is 274 g/mol. The van der Waals surface area contributed by atoms with Crippen LogP contribution in [0.25, 0.3) is 0 Å². The summed E-state index contributed by atoms with van der Waals surface area (Å²) in [5.74, 6) is -0.0666. The van der Waals surface area contributed by atoms with E-state index in [1.807, 2.05) is 32.0 Å². The van der Waals surface area contributed by atoms with E-state index in [0.29, 0.717) is 13.0 Å². The van der Waals surface area contributed by atoms with E-state index in [4.69, 9.17) is 0 Å². The summed E-state index contributed by atoms with van der Waals surface area (Å²) < 4.78 is 0. The Labute approximate surface area is 119 Å². The lowest BCUT2D eigenvalue weighted by Gasteiger charge is -2.49. The van der Waals surface area contributed by atoms with Gasteiger partial charge in [0.15, 0.2) is 0 Å². The van der Waals surface area contributed by atoms with Gasteiger partial charge in [-0.1, -0.05) is 38.1 Å². The Bertz CT molecular complexity index is 527. The van der Waals surface area contributed by atoms with E-state index in [1.165, 1.54) is 5.56 Å². The van der Waals surface area contributed by atoms with Crippen LogP contribution in [0.3, 0.4) is 0 Å². The maximum absolute atomic E-state index is 12.5. The number of benzene rings is 1. The number of carbonyl (C=O) groups excluding carboxylic acids is 1. The molecule has 1 aromatic rings. The molecule has 3 unspecified atom stereocenters. The van der Waals surface area contributed by atoms with E-state index in [0.717, 1.165) is 12.1 Å². The number of aliphatic hydroxyl groups is 1. The van der Waals surface area contributed by atoms with Gasteiger partial charge in [0.25, 0.3) is 0 Å². The van der Waals surface area contributed by atoms with Gasteiger partial charge in [-0.15, -0.1) is 0 Å². The quantitative estimate of drug-likeness (QED) is 0.758. The standard InChI is InChI=1S/C16H22N2O2/c1-16(2)13(7-14(16)19)18-15(20)12-9-17-8-10-5-3-4-6-11(10)12/h3-6,12-14,17,19H,7-9H2,1-2H3,(H,18,20). The first kappa shape index (κ1) is 13.6. The predicted octanol–water partition coefficient (Wildman–Crippen LogP) is 1.15. The zero-order valence-electron chi connectivity index (χ0n) is 12.0. The molecule has 0 bridgehead atoms. The van der Waals surface area contributed by atoms with Crippen LogP contribution in [0.2, 0.25) is 0 Å². The van der Waals surface area contributed by atoms with Crippen molar-refractivity contribution in [2.24, 2.45) is 5.41 Å². The van der Waals surface area contributed by atoms with E-state index in [-0.39, 0.29) is 29.4 Å². The van der Waals surface area contributed by atoms with Crippen molar-refractivity contribution in [3.63, 3.8) is 0 Å². The van der Waals surface area contributed by atoms with Crippen molar-refractivity contribution in [1.29, 1.82) is 0 Å². The molecule has 1 aliphatic carbocycles. The molecule has 1 saturated carbocycles. The molecule has 0 aromatic heterocycles. The molecule has 0 saturated heterocycles. The van der Waals surface area contributed by atoms with E-state index < -0.39 is 0 Å². The number of rotatable bonds is 2. The summed E-state index contributed by atoms with van der Waals surface area (Å²) >= 11 is 0. The number of aliphatic hydroxyl groups excluding tert-OH is 1. The largest absolute Gasteiger partial charge is 0.392 e. The maximum Gasteiger partial charge on any atom is 0.229 e. The first-order chi connectivity index (χ1) is 9.50. The van der Waals surface area contributed by atoms with Gasteiger partial charge in [-0.2, -0.15) is 0 Å². The highest BCUT2D eigenvalue weighted by molar-refractivity contribution is 5.85. The lowest BCUT2D eigenvalue weighted by Crippen LogP contribution is -2.62. The molecule has 3 atom stereocenters. The summed E-state index contributed by atoms with van der Waals surface area (Å²) in [6, 6.07) is 8.17. The smallest absolute Gasteiger partial charge is 0.229 e. The summed E-state index contributed by atoms with van der Waals surface area (Å²) in [4.78, 5) is 12.5. The van der Waals surface area contributed by atoms with Crippen LogP contribution >= 0.6 is 0 Å². The van der Waals surface area contributed by atoms with E-state index >= 15 is 0 Å². The van der Waals surface area contributed by atoms with Gasteiger partial charge in [-0.3, -0.25) is 4.79 Å². The molecule has 3 N–H and O–H groups in total. The zero-order valence-corrected chi connectivity index (χ0v) is 12.0. The number of hydrogen-bond acceptors (Lipinski definition) is 3. The van der Waals surface area contributed by atoms with E-state index in [9.17, 15) is 9.90 Å². The first-order valence-corrected chi connectivity index (χ1v) is 7.27. The normalized spacial score (nSPS) is 31.1. The molecule has 1 amide bonds. The molecule has 1 aliphatic heterocycles. The third kappa shape index (κ3) is 2.13. The molecule has 3 rings (SSSR count). The molecular weight excluding hydrogens is 252 g/mol. The second kappa shape index (κ2) is 4.86. The third-order valence-corrected chi connectivity index (χ3v) is 4.94. The first-order valence-electron chi connectivity index (χ1n) is 7.27. The molecule has 1 heterocycles. The van der Waals surface area contributed by atoms with Crippen LogP contribution < -0.4 is 10.6 Å². The van der Waals surface area contributed by atoms with Gasteiger partial charge in [0.2, 0.25) is 5.91 Å². The van der Waals surface area contributed by atoms with Crippen molar-refractivity contribution in [2.75, 3.05) is 6.54 Å². The predicted molar refractivity (Wildman–Crippen MR) is 77.2 cm³/mol. The van der Waals surface area contributed by atoms with Gasteiger partial charge in [-0.05, 0) is 17.5 Å². The Morgan fingerprint density at radius 1 is 1.40 bits per heavy atom. The molecule has 2 aliphatic rings. The van der Waals surface area contributed by atoms with Gasteiger partial charge >= 0.3 is 0 Å².